The molecule has 0 bridgehead atoms. The van der Waals surface area contributed by atoms with Crippen molar-refractivity contribution in [1.29, 1.82) is 0 Å². The van der Waals surface area contributed by atoms with Gasteiger partial charge < -0.3 is 25.8 Å². The van der Waals surface area contributed by atoms with Crippen molar-refractivity contribution in [2.24, 2.45) is 0 Å². The standard InChI is InChI=1S/C26H28N4O5/c1-26(2,3)35-25(33)30-22-7-5-4-6-21(22)29-24(32)17-8-12-19(13-9-17)28-23(31)16-34-20-14-10-18(27)11-15-20/h4-15H,16,27H2,1-3H3,(H,28,31)(H,29,32)(H,30,33). The van der Waals surface area contributed by atoms with Crippen LogP contribution >= 0.6 is 0 Å². The van der Waals surface area contributed by atoms with Gasteiger partial charge in [-0.3, -0.25) is 14.9 Å². The Labute approximate surface area is 203 Å². The van der Waals surface area contributed by atoms with E-state index in [-0.39, 0.29) is 18.4 Å². The molecule has 3 rings (SSSR count). The Morgan fingerprint density at radius 1 is 0.800 bits per heavy atom. The summed E-state index contributed by atoms with van der Waals surface area (Å²) in [5.41, 5.74) is 7.28. The fourth-order valence-corrected chi connectivity index (χ4v) is 2.92. The average molecular weight is 477 g/mol. The van der Waals surface area contributed by atoms with E-state index < -0.39 is 11.7 Å². The molecule has 0 saturated heterocycles. The summed E-state index contributed by atoms with van der Waals surface area (Å²) in [6, 6.07) is 19.9. The van der Waals surface area contributed by atoms with Gasteiger partial charge in [0, 0.05) is 16.9 Å². The first kappa shape index (κ1) is 25.1. The molecule has 0 aromatic heterocycles. The van der Waals surface area contributed by atoms with Gasteiger partial charge in [0.25, 0.3) is 11.8 Å². The van der Waals surface area contributed by atoms with Crippen LogP contribution in [0.25, 0.3) is 0 Å². The van der Waals surface area contributed by atoms with Crippen LogP contribution in [0.2, 0.25) is 0 Å². The number of nitrogen functional groups attached to an aromatic ring is 1. The number of carbonyl (C=O) groups excluding carboxylic acids is 3. The van der Waals surface area contributed by atoms with Crippen LogP contribution in [0.1, 0.15) is 31.1 Å². The van der Waals surface area contributed by atoms with Gasteiger partial charge in [-0.2, -0.15) is 0 Å². The lowest BCUT2D eigenvalue weighted by molar-refractivity contribution is -0.118. The SMILES string of the molecule is CC(C)(C)OC(=O)Nc1ccccc1NC(=O)c1ccc(NC(=O)COc2ccc(N)cc2)cc1. The molecule has 182 valence electrons. The predicted molar refractivity (Wildman–Crippen MR) is 136 cm³/mol. The minimum Gasteiger partial charge on any atom is -0.484 e. The van der Waals surface area contributed by atoms with Crippen LogP contribution in [0.5, 0.6) is 5.75 Å². The van der Waals surface area contributed by atoms with E-state index in [2.05, 4.69) is 16.0 Å². The smallest absolute Gasteiger partial charge is 0.412 e. The first-order valence-electron chi connectivity index (χ1n) is 10.9. The number of hydrogen-bond donors (Lipinski definition) is 4. The number of rotatable bonds is 7. The number of anilines is 4. The maximum Gasteiger partial charge on any atom is 0.412 e. The van der Waals surface area contributed by atoms with Gasteiger partial charge in [0.2, 0.25) is 0 Å². The van der Waals surface area contributed by atoms with E-state index in [1.807, 2.05) is 0 Å². The second-order valence-corrected chi connectivity index (χ2v) is 8.61. The fourth-order valence-electron chi connectivity index (χ4n) is 2.92. The summed E-state index contributed by atoms with van der Waals surface area (Å²) in [6.45, 7) is 5.12. The van der Waals surface area contributed by atoms with E-state index in [0.717, 1.165) is 0 Å². The third-order valence-corrected chi connectivity index (χ3v) is 4.49. The Balaban J connectivity index is 1.56. The van der Waals surface area contributed by atoms with Crippen LogP contribution in [0.4, 0.5) is 27.5 Å². The summed E-state index contributed by atoms with van der Waals surface area (Å²) in [4.78, 5) is 37.0. The Morgan fingerprint density at radius 3 is 2.00 bits per heavy atom. The number of carbonyl (C=O) groups is 3. The van der Waals surface area contributed by atoms with Gasteiger partial charge in [-0.25, -0.2) is 4.79 Å². The van der Waals surface area contributed by atoms with Crippen LogP contribution in [0.15, 0.2) is 72.8 Å². The quantitative estimate of drug-likeness (QED) is 0.359. The van der Waals surface area contributed by atoms with Crippen molar-refractivity contribution in [2.45, 2.75) is 26.4 Å². The monoisotopic (exact) mass is 476 g/mol. The van der Waals surface area contributed by atoms with Crippen molar-refractivity contribution in [3.8, 4) is 5.75 Å². The minimum atomic E-state index is -0.651. The summed E-state index contributed by atoms with van der Waals surface area (Å²) in [6.07, 6.45) is -0.625. The summed E-state index contributed by atoms with van der Waals surface area (Å²) < 4.78 is 10.7. The Morgan fingerprint density at radius 2 is 1.40 bits per heavy atom. The molecule has 0 aliphatic carbocycles. The Kier molecular flexibility index (Phi) is 7.93. The largest absolute Gasteiger partial charge is 0.484 e. The number of nitrogens with one attached hydrogen (secondary N) is 3. The molecule has 3 amide bonds. The van der Waals surface area contributed by atoms with Crippen LogP contribution in [0.3, 0.4) is 0 Å². The highest BCUT2D eigenvalue weighted by atomic mass is 16.6. The highest BCUT2D eigenvalue weighted by Gasteiger charge is 2.18. The van der Waals surface area contributed by atoms with Crippen LogP contribution in [-0.4, -0.2) is 30.1 Å². The van der Waals surface area contributed by atoms with Gasteiger partial charge in [0.15, 0.2) is 6.61 Å². The second-order valence-electron chi connectivity index (χ2n) is 8.61. The molecular formula is C26H28N4O5. The molecular weight excluding hydrogens is 448 g/mol. The summed E-state index contributed by atoms with van der Waals surface area (Å²) in [5, 5.41) is 8.12. The number of amides is 3. The van der Waals surface area contributed by atoms with Gasteiger partial charge in [0.1, 0.15) is 11.4 Å². The number of hydrogen-bond acceptors (Lipinski definition) is 6. The molecule has 0 saturated carbocycles. The van der Waals surface area contributed by atoms with Gasteiger partial charge in [0.05, 0.1) is 11.4 Å². The molecule has 9 heteroatoms. The van der Waals surface area contributed by atoms with Gasteiger partial charge in [-0.15, -0.1) is 0 Å². The van der Waals surface area contributed by atoms with E-state index in [9.17, 15) is 14.4 Å². The maximum atomic E-state index is 12.7. The molecule has 0 radical (unpaired) electrons. The Bertz CT molecular complexity index is 1190. The molecule has 0 spiro atoms. The number of para-hydroxylation sites is 2. The molecule has 9 nitrogen and oxygen atoms in total. The van der Waals surface area contributed by atoms with Crippen molar-refractivity contribution >= 4 is 40.7 Å². The first-order valence-corrected chi connectivity index (χ1v) is 10.9. The highest BCUT2D eigenvalue weighted by Crippen LogP contribution is 2.23. The molecule has 0 atom stereocenters. The van der Waals surface area contributed by atoms with Gasteiger partial charge >= 0.3 is 6.09 Å². The zero-order chi connectivity index (χ0) is 25.4. The Hall–Kier alpha value is -4.53. The van der Waals surface area contributed by atoms with Gasteiger partial charge in [-0.05, 0) is 81.4 Å². The van der Waals surface area contributed by atoms with E-state index in [1.165, 1.54) is 0 Å². The molecule has 0 aliphatic rings. The lowest BCUT2D eigenvalue weighted by atomic mass is 10.1. The lowest BCUT2D eigenvalue weighted by Gasteiger charge is -2.20. The topological polar surface area (TPSA) is 132 Å². The molecule has 0 heterocycles. The minimum absolute atomic E-state index is 0.173. The van der Waals surface area contributed by atoms with Crippen LogP contribution < -0.4 is 26.4 Å². The zero-order valence-corrected chi connectivity index (χ0v) is 19.8. The van der Waals surface area contributed by atoms with Crippen molar-refractivity contribution < 1.29 is 23.9 Å². The molecule has 0 aliphatic heterocycles. The molecule has 35 heavy (non-hydrogen) atoms. The first-order chi connectivity index (χ1) is 16.6. The molecule has 5 N–H and O–H groups in total. The molecule has 0 unspecified atom stereocenters. The summed E-state index contributed by atoms with van der Waals surface area (Å²) >= 11 is 0. The van der Waals surface area contributed by atoms with E-state index in [1.54, 1.807) is 93.6 Å². The maximum absolute atomic E-state index is 12.7. The number of nitrogens with two attached hydrogens (primary N) is 1. The van der Waals surface area contributed by atoms with Crippen LogP contribution in [-0.2, 0) is 9.53 Å². The normalized spacial score (nSPS) is 10.7. The number of ether oxygens (including phenoxy) is 2. The molecule has 3 aromatic rings. The highest BCUT2D eigenvalue weighted by molar-refractivity contribution is 6.07. The predicted octanol–water partition coefficient (Wildman–Crippen LogP) is 4.89. The average Bonchev–Trinajstić information content (AvgIpc) is 2.79. The number of benzene rings is 3. The summed E-state index contributed by atoms with van der Waals surface area (Å²) in [5.74, 6) is -0.197. The van der Waals surface area contributed by atoms with E-state index in [4.69, 9.17) is 15.2 Å². The van der Waals surface area contributed by atoms with Crippen molar-refractivity contribution in [2.75, 3.05) is 28.3 Å². The summed E-state index contributed by atoms with van der Waals surface area (Å²) in [7, 11) is 0. The lowest BCUT2D eigenvalue weighted by Crippen LogP contribution is -2.27. The molecule has 3 aromatic carbocycles. The van der Waals surface area contributed by atoms with E-state index >= 15 is 0 Å². The van der Waals surface area contributed by atoms with Crippen LogP contribution in [0, 0.1) is 0 Å². The van der Waals surface area contributed by atoms with Crippen molar-refractivity contribution in [3.63, 3.8) is 0 Å². The fraction of sp³-hybridized carbons (Fsp3) is 0.192. The third-order valence-electron chi connectivity index (χ3n) is 4.49. The second kappa shape index (κ2) is 11.1. The van der Waals surface area contributed by atoms with E-state index in [0.29, 0.717) is 34.1 Å². The van der Waals surface area contributed by atoms with Gasteiger partial charge in [-0.1, -0.05) is 12.1 Å². The zero-order valence-electron chi connectivity index (χ0n) is 19.8. The van der Waals surface area contributed by atoms with Crippen molar-refractivity contribution in [1.82, 2.24) is 0 Å². The molecule has 0 fully saturated rings. The third kappa shape index (κ3) is 8.08. The van der Waals surface area contributed by atoms with Crippen molar-refractivity contribution in [3.05, 3.63) is 78.4 Å².